The summed E-state index contributed by atoms with van der Waals surface area (Å²) in [6.07, 6.45) is 0.770. The van der Waals surface area contributed by atoms with Crippen LogP contribution in [0.4, 0.5) is 0 Å². The summed E-state index contributed by atoms with van der Waals surface area (Å²) in [5, 5.41) is 16.6. The maximum Gasteiger partial charge on any atom is 0.170 e. The largest absolute Gasteiger partial charge is 0.487 e. The molecule has 1 heterocycles. The zero-order valence-corrected chi connectivity index (χ0v) is 12.6. The molecule has 0 fully saturated rings. The van der Waals surface area contributed by atoms with Gasteiger partial charge in [-0.1, -0.05) is 35.8 Å². The number of oxime groups is 1. The lowest BCUT2D eigenvalue weighted by Gasteiger charge is -2.08. The van der Waals surface area contributed by atoms with Crippen LogP contribution in [0.2, 0.25) is 5.02 Å². The van der Waals surface area contributed by atoms with Gasteiger partial charge in [-0.25, -0.2) is 0 Å². The van der Waals surface area contributed by atoms with Crippen LogP contribution in [0.25, 0.3) is 0 Å². The molecular weight excluding hydrogens is 292 g/mol. The molecule has 0 radical (unpaired) electrons. The Morgan fingerprint density at radius 1 is 1.52 bits per heavy atom. The van der Waals surface area contributed by atoms with E-state index in [1.165, 1.54) is 0 Å². The number of rotatable bonds is 5. The monoisotopic (exact) mass is 308 g/mol. The third-order valence-corrected chi connectivity index (χ3v) is 3.55. The second-order valence-electron chi connectivity index (χ2n) is 4.49. The molecule has 0 aliphatic carbocycles. The van der Waals surface area contributed by atoms with E-state index >= 15 is 0 Å². The molecule has 0 atom stereocenters. The molecule has 21 heavy (non-hydrogen) atoms. The van der Waals surface area contributed by atoms with E-state index in [1.54, 1.807) is 28.9 Å². The third-order valence-electron chi connectivity index (χ3n) is 3.12. The molecule has 0 unspecified atom stereocenters. The van der Waals surface area contributed by atoms with Crippen molar-refractivity contribution >= 4 is 17.4 Å². The fourth-order valence-electron chi connectivity index (χ4n) is 1.93. The Hall–Kier alpha value is -2.21. The molecule has 0 aliphatic heterocycles. The van der Waals surface area contributed by atoms with Gasteiger partial charge in [0.2, 0.25) is 0 Å². The van der Waals surface area contributed by atoms with E-state index in [9.17, 15) is 0 Å². The smallest absolute Gasteiger partial charge is 0.170 e. The van der Waals surface area contributed by atoms with Gasteiger partial charge in [0.05, 0.1) is 16.4 Å². The van der Waals surface area contributed by atoms with Crippen molar-refractivity contribution < 1.29 is 9.94 Å². The molecule has 0 aliphatic rings. The first-order valence-electron chi connectivity index (χ1n) is 6.47. The van der Waals surface area contributed by atoms with Crippen LogP contribution < -0.4 is 10.5 Å². The number of ether oxygens (including phenoxy) is 1. The molecule has 2 aromatic rings. The number of nitrogens with zero attached hydrogens (tertiary/aromatic N) is 3. The number of hydrogen-bond donors (Lipinski definition) is 2. The maximum absolute atomic E-state index is 8.68. The highest BCUT2D eigenvalue weighted by Crippen LogP contribution is 2.23. The highest BCUT2D eigenvalue weighted by molar-refractivity contribution is 6.31. The van der Waals surface area contributed by atoms with Crippen molar-refractivity contribution in [1.82, 2.24) is 9.78 Å². The Morgan fingerprint density at radius 2 is 2.29 bits per heavy atom. The number of nitrogens with two attached hydrogens (primary N) is 1. The van der Waals surface area contributed by atoms with Crippen LogP contribution >= 0.6 is 11.6 Å². The second-order valence-corrected chi connectivity index (χ2v) is 4.86. The van der Waals surface area contributed by atoms with Gasteiger partial charge in [-0.15, -0.1) is 0 Å². The summed E-state index contributed by atoms with van der Waals surface area (Å²) in [5.74, 6) is 0.640. The maximum atomic E-state index is 8.68. The first-order chi connectivity index (χ1) is 10.1. The average molecular weight is 309 g/mol. The minimum Gasteiger partial charge on any atom is -0.487 e. The minimum absolute atomic E-state index is 0.0345. The van der Waals surface area contributed by atoms with Gasteiger partial charge in [0, 0.05) is 12.6 Å². The van der Waals surface area contributed by atoms with Crippen LogP contribution in [0.5, 0.6) is 5.75 Å². The van der Waals surface area contributed by atoms with Crippen molar-refractivity contribution in [2.75, 3.05) is 0 Å². The van der Waals surface area contributed by atoms with Gasteiger partial charge in [0.15, 0.2) is 5.84 Å². The molecule has 0 spiro atoms. The lowest BCUT2D eigenvalue weighted by atomic mass is 10.2. The standard InChI is InChI=1S/C14H17ClN4O2/c1-3-11-13(15)12(19(2)17-11)8-21-10-6-4-5-9(7-10)14(16)18-20/h4-7,20H,3,8H2,1-2H3,(H2,16,18). The molecule has 6 nitrogen and oxygen atoms in total. The number of aromatic nitrogens is 2. The highest BCUT2D eigenvalue weighted by atomic mass is 35.5. The Kier molecular flexibility index (Phi) is 4.70. The molecule has 0 saturated carbocycles. The first-order valence-corrected chi connectivity index (χ1v) is 6.85. The van der Waals surface area contributed by atoms with E-state index < -0.39 is 0 Å². The van der Waals surface area contributed by atoms with E-state index in [0.29, 0.717) is 22.9 Å². The van der Waals surface area contributed by atoms with E-state index in [0.717, 1.165) is 17.8 Å². The van der Waals surface area contributed by atoms with Gasteiger partial charge in [0.25, 0.3) is 0 Å². The van der Waals surface area contributed by atoms with Crippen LogP contribution in [-0.4, -0.2) is 20.8 Å². The number of hydrogen-bond acceptors (Lipinski definition) is 4. The van der Waals surface area contributed by atoms with E-state index in [4.69, 9.17) is 27.3 Å². The number of amidine groups is 1. The number of aryl methyl sites for hydroxylation is 2. The van der Waals surface area contributed by atoms with Crippen LogP contribution in [-0.2, 0) is 20.1 Å². The molecule has 0 saturated heterocycles. The second kappa shape index (κ2) is 6.49. The van der Waals surface area contributed by atoms with E-state index in [2.05, 4.69) is 10.3 Å². The van der Waals surface area contributed by atoms with Gasteiger partial charge >= 0.3 is 0 Å². The molecule has 0 amide bonds. The van der Waals surface area contributed by atoms with Gasteiger partial charge < -0.3 is 15.7 Å². The number of halogens is 1. The van der Waals surface area contributed by atoms with Crippen LogP contribution in [0.1, 0.15) is 23.9 Å². The van der Waals surface area contributed by atoms with Gasteiger partial charge in [-0.05, 0) is 18.6 Å². The van der Waals surface area contributed by atoms with Crippen molar-refractivity contribution in [3.8, 4) is 5.75 Å². The Labute approximate surface area is 127 Å². The Balaban J connectivity index is 2.15. The third kappa shape index (κ3) is 3.28. The zero-order valence-electron chi connectivity index (χ0n) is 11.9. The summed E-state index contributed by atoms with van der Waals surface area (Å²) in [4.78, 5) is 0. The van der Waals surface area contributed by atoms with Gasteiger partial charge in [0.1, 0.15) is 12.4 Å². The zero-order chi connectivity index (χ0) is 15.4. The number of benzene rings is 1. The quantitative estimate of drug-likeness (QED) is 0.384. The topological polar surface area (TPSA) is 85.7 Å². The summed E-state index contributed by atoms with van der Waals surface area (Å²) < 4.78 is 7.43. The fraction of sp³-hybridized carbons (Fsp3) is 0.286. The summed E-state index contributed by atoms with van der Waals surface area (Å²) >= 11 is 6.26. The predicted molar refractivity (Wildman–Crippen MR) is 80.9 cm³/mol. The van der Waals surface area contributed by atoms with E-state index in [-0.39, 0.29) is 5.84 Å². The molecule has 1 aromatic carbocycles. The lowest BCUT2D eigenvalue weighted by molar-refractivity contribution is 0.295. The lowest BCUT2D eigenvalue weighted by Crippen LogP contribution is -2.13. The van der Waals surface area contributed by atoms with Crippen molar-refractivity contribution in [3.63, 3.8) is 0 Å². The molecule has 112 valence electrons. The molecule has 2 rings (SSSR count). The van der Waals surface area contributed by atoms with Crippen molar-refractivity contribution in [2.45, 2.75) is 20.0 Å². The molecule has 7 heteroatoms. The fourth-order valence-corrected chi connectivity index (χ4v) is 2.28. The summed E-state index contributed by atoms with van der Waals surface area (Å²) in [7, 11) is 1.83. The van der Waals surface area contributed by atoms with Crippen LogP contribution in [0.3, 0.4) is 0 Å². The van der Waals surface area contributed by atoms with Crippen molar-refractivity contribution in [3.05, 3.63) is 46.2 Å². The van der Waals surface area contributed by atoms with Crippen LogP contribution in [0.15, 0.2) is 29.4 Å². The van der Waals surface area contributed by atoms with Gasteiger partial charge in [-0.3, -0.25) is 4.68 Å². The van der Waals surface area contributed by atoms with Crippen molar-refractivity contribution in [2.24, 2.45) is 17.9 Å². The summed E-state index contributed by atoms with van der Waals surface area (Å²) in [6, 6.07) is 6.98. The SMILES string of the molecule is CCc1nn(C)c(COc2cccc(C(N)=NO)c2)c1Cl. The summed E-state index contributed by atoms with van der Waals surface area (Å²) in [5.41, 5.74) is 7.79. The summed E-state index contributed by atoms with van der Waals surface area (Å²) in [6.45, 7) is 2.29. The first kappa shape index (κ1) is 15.2. The Morgan fingerprint density at radius 3 is 2.90 bits per heavy atom. The minimum atomic E-state index is 0.0345. The molecule has 1 aromatic heterocycles. The predicted octanol–water partition coefficient (Wildman–Crippen LogP) is 2.31. The highest BCUT2D eigenvalue weighted by Gasteiger charge is 2.13. The van der Waals surface area contributed by atoms with E-state index in [1.807, 2.05) is 14.0 Å². The average Bonchev–Trinajstić information content (AvgIpc) is 2.78. The van der Waals surface area contributed by atoms with Gasteiger partial charge in [-0.2, -0.15) is 5.10 Å². The Bertz CT molecular complexity index is 667. The van der Waals surface area contributed by atoms with Crippen LogP contribution in [0, 0.1) is 0 Å². The molecule has 3 N–H and O–H groups in total. The normalized spacial score (nSPS) is 11.7. The molecule has 0 bridgehead atoms. The molecular formula is C14H17ClN4O2. The van der Waals surface area contributed by atoms with Crippen molar-refractivity contribution in [1.29, 1.82) is 0 Å².